The first-order valence-corrected chi connectivity index (χ1v) is 10.6. The van der Waals surface area contributed by atoms with Crippen LogP contribution in [0.2, 0.25) is 0 Å². The fraction of sp³-hybridized carbons (Fsp3) is 0.320. The van der Waals surface area contributed by atoms with Crippen LogP contribution in [-0.2, 0) is 14.4 Å². The molecule has 4 rings (SSSR count). The Morgan fingerprint density at radius 1 is 1.09 bits per heavy atom. The van der Waals surface area contributed by atoms with E-state index in [9.17, 15) is 18.8 Å². The summed E-state index contributed by atoms with van der Waals surface area (Å²) in [6.07, 6.45) is 0.383. The van der Waals surface area contributed by atoms with Crippen molar-refractivity contribution in [2.75, 3.05) is 10.2 Å². The molecule has 7 heteroatoms. The third-order valence-electron chi connectivity index (χ3n) is 5.91. The first-order chi connectivity index (χ1) is 15.2. The molecule has 0 bridgehead atoms. The van der Waals surface area contributed by atoms with E-state index in [4.69, 9.17) is 5.11 Å². The molecule has 2 aliphatic rings. The summed E-state index contributed by atoms with van der Waals surface area (Å²) in [5.41, 5.74) is 2.76. The molecule has 6 nitrogen and oxygen atoms in total. The molecular weight excluding hydrogens is 411 g/mol. The number of hydrogen-bond donors (Lipinski definition) is 2. The topological polar surface area (TPSA) is 86.7 Å². The zero-order chi connectivity index (χ0) is 23.0. The van der Waals surface area contributed by atoms with E-state index in [-0.39, 0.29) is 24.0 Å². The SMILES string of the molecule is CC1(C)CC(=O)C2=C(C1)Nc1ccccc1N(C(=O)CCC(=O)O)C2c1ccc(F)cc1. The third kappa shape index (κ3) is 4.15. The van der Waals surface area contributed by atoms with E-state index in [1.165, 1.54) is 17.0 Å². The van der Waals surface area contributed by atoms with Crippen molar-refractivity contribution in [3.8, 4) is 0 Å². The van der Waals surface area contributed by atoms with Crippen molar-refractivity contribution in [2.24, 2.45) is 5.41 Å². The third-order valence-corrected chi connectivity index (χ3v) is 5.91. The summed E-state index contributed by atoms with van der Waals surface area (Å²) in [7, 11) is 0. The van der Waals surface area contributed by atoms with Crippen molar-refractivity contribution in [1.82, 2.24) is 0 Å². The van der Waals surface area contributed by atoms with E-state index >= 15 is 0 Å². The van der Waals surface area contributed by atoms with Gasteiger partial charge in [-0.05, 0) is 41.7 Å². The highest BCUT2D eigenvalue weighted by atomic mass is 19.1. The fourth-order valence-electron chi connectivity index (χ4n) is 4.56. The normalized spacial score (nSPS) is 19.5. The second kappa shape index (κ2) is 8.22. The molecule has 1 aliphatic carbocycles. The van der Waals surface area contributed by atoms with Crippen LogP contribution in [0.5, 0.6) is 0 Å². The molecule has 32 heavy (non-hydrogen) atoms. The standard InChI is InChI=1S/C25H25FN2O4/c1-25(2)13-18-23(20(29)14-25)24(15-7-9-16(26)10-8-15)28(21(30)11-12-22(31)32)19-6-4-3-5-17(19)27-18/h3-10,24,27H,11-14H2,1-2H3,(H,31,32). The van der Waals surface area contributed by atoms with Crippen LogP contribution in [-0.4, -0.2) is 22.8 Å². The minimum Gasteiger partial charge on any atom is -0.481 e. The van der Waals surface area contributed by atoms with Gasteiger partial charge >= 0.3 is 5.97 Å². The highest BCUT2D eigenvalue weighted by Gasteiger charge is 2.43. The number of benzene rings is 2. The molecule has 1 amide bonds. The van der Waals surface area contributed by atoms with Crippen molar-refractivity contribution in [1.29, 1.82) is 0 Å². The van der Waals surface area contributed by atoms with Gasteiger partial charge in [0.1, 0.15) is 5.82 Å². The number of allylic oxidation sites excluding steroid dienone is 1. The van der Waals surface area contributed by atoms with Gasteiger partial charge in [0.15, 0.2) is 5.78 Å². The maximum Gasteiger partial charge on any atom is 0.303 e. The second-order valence-electron chi connectivity index (χ2n) is 9.09. The average Bonchev–Trinajstić information content (AvgIpc) is 2.86. The number of carboxylic acids is 1. The number of rotatable bonds is 4. The molecule has 1 unspecified atom stereocenters. The van der Waals surface area contributed by atoms with Crippen molar-refractivity contribution < 1.29 is 23.9 Å². The van der Waals surface area contributed by atoms with Gasteiger partial charge < -0.3 is 10.4 Å². The lowest BCUT2D eigenvalue weighted by atomic mass is 9.73. The summed E-state index contributed by atoms with van der Waals surface area (Å²) < 4.78 is 13.7. The Morgan fingerprint density at radius 3 is 2.47 bits per heavy atom. The van der Waals surface area contributed by atoms with Gasteiger partial charge in [-0.25, -0.2) is 4.39 Å². The first kappa shape index (κ1) is 21.7. The molecule has 0 fully saturated rings. The largest absolute Gasteiger partial charge is 0.481 e. The van der Waals surface area contributed by atoms with Gasteiger partial charge in [-0.1, -0.05) is 38.1 Å². The lowest BCUT2D eigenvalue weighted by Gasteiger charge is -2.37. The minimum absolute atomic E-state index is 0.0816. The number of carbonyl (C=O) groups excluding carboxylic acids is 2. The monoisotopic (exact) mass is 436 g/mol. The van der Waals surface area contributed by atoms with Gasteiger partial charge in [0.25, 0.3) is 0 Å². The highest BCUT2D eigenvalue weighted by Crippen LogP contribution is 2.48. The van der Waals surface area contributed by atoms with Crippen molar-refractivity contribution in [3.05, 3.63) is 71.2 Å². The highest BCUT2D eigenvalue weighted by molar-refractivity contribution is 6.06. The van der Waals surface area contributed by atoms with E-state index in [0.717, 1.165) is 5.70 Å². The zero-order valence-electron chi connectivity index (χ0n) is 18.0. The maximum absolute atomic E-state index is 13.7. The summed E-state index contributed by atoms with van der Waals surface area (Å²) in [6, 6.07) is 12.2. The lowest BCUT2D eigenvalue weighted by Crippen LogP contribution is -2.39. The number of ketones is 1. The van der Waals surface area contributed by atoms with Gasteiger partial charge in [-0.2, -0.15) is 0 Å². The van der Waals surface area contributed by atoms with Crippen molar-refractivity contribution in [2.45, 2.75) is 45.6 Å². The number of carbonyl (C=O) groups is 3. The van der Waals surface area contributed by atoms with Crippen LogP contribution in [0.15, 0.2) is 59.8 Å². The van der Waals surface area contributed by atoms with Crippen LogP contribution in [0.1, 0.15) is 51.1 Å². The smallest absolute Gasteiger partial charge is 0.303 e. The number of hydrogen-bond acceptors (Lipinski definition) is 4. The first-order valence-electron chi connectivity index (χ1n) is 10.6. The Hall–Kier alpha value is -3.48. The Balaban J connectivity index is 1.95. The number of aliphatic carboxylic acids is 1. The van der Waals surface area contributed by atoms with Gasteiger partial charge in [0.05, 0.1) is 23.8 Å². The van der Waals surface area contributed by atoms with E-state index in [0.29, 0.717) is 35.4 Å². The van der Waals surface area contributed by atoms with Crippen molar-refractivity contribution >= 4 is 29.0 Å². The maximum atomic E-state index is 13.7. The molecule has 2 aromatic carbocycles. The zero-order valence-corrected chi connectivity index (χ0v) is 18.0. The number of nitrogens with zero attached hydrogens (tertiary/aromatic N) is 1. The summed E-state index contributed by atoms with van der Waals surface area (Å²) >= 11 is 0. The molecule has 0 saturated heterocycles. The van der Waals surface area contributed by atoms with E-state index in [1.54, 1.807) is 24.3 Å². The van der Waals surface area contributed by atoms with Crippen LogP contribution in [0.25, 0.3) is 0 Å². The summed E-state index contributed by atoms with van der Waals surface area (Å²) in [5, 5.41) is 12.5. The van der Waals surface area contributed by atoms with Crippen molar-refractivity contribution in [3.63, 3.8) is 0 Å². The molecular formula is C25H25FN2O4. The Kier molecular flexibility index (Phi) is 5.59. The molecule has 166 valence electrons. The Morgan fingerprint density at radius 2 is 1.78 bits per heavy atom. The summed E-state index contributed by atoms with van der Waals surface area (Å²) in [6.45, 7) is 4.05. The molecule has 1 atom stereocenters. The summed E-state index contributed by atoms with van der Waals surface area (Å²) in [4.78, 5) is 39.5. The van der Waals surface area contributed by atoms with E-state index < -0.39 is 23.7 Å². The number of fused-ring (bicyclic) bond motifs is 1. The number of anilines is 2. The van der Waals surface area contributed by atoms with Crippen LogP contribution in [0.4, 0.5) is 15.8 Å². The number of nitrogens with one attached hydrogen (secondary N) is 1. The predicted molar refractivity (Wildman–Crippen MR) is 119 cm³/mol. The molecule has 2 N–H and O–H groups in total. The molecule has 0 saturated carbocycles. The number of carboxylic acid groups (broad SMARTS) is 1. The van der Waals surface area contributed by atoms with Gasteiger partial charge in [0.2, 0.25) is 5.91 Å². The molecule has 1 heterocycles. The number of amides is 1. The van der Waals surface area contributed by atoms with E-state index in [1.807, 2.05) is 26.0 Å². The Bertz CT molecular complexity index is 1120. The quantitative estimate of drug-likeness (QED) is 0.717. The number of Topliss-reactive ketones (excluding diaryl/α,β-unsaturated/α-hetero) is 1. The van der Waals surface area contributed by atoms with Crippen LogP contribution >= 0.6 is 0 Å². The van der Waals surface area contributed by atoms with Gasteiger partial charge in [-0.3, -0.25) is 19.3 Å². The second-order valence-corrected chi connectivity index (χ2v) is 9.09. The molecule has 1 aliphatic heterocycles. The van der Waals surface area contributed by atoms with Crippen LogP contribution < -0.4 is 10.2 Å². The Labute approximate surface area is 185 Å². The van der Waals surface area contributed by atoms with Crippen LogP contribution in [0, 0.1) is 11.2 Å². The van der Waals surface area contributed by atoms with Gasteiger partial charge in [0, 0.05) is 24.1 Å². The molecule has 0 spiro atoms. The molecule has 0 aromatic heterocycles. The molecule has 2 aromatic rings. The van der Waals surface area contributed by atoms with E-state index in [2.05, 4.69) is 5.32 Å². The molecule has 0 radical (unpaired) electrons. The lowest BCUT2D eigenvalue weighted by molar-refractivity contribution is -0.138. The number of halogens is 1. The van der Waals surface area contributed by atoms with Crippen LogP contribution in [0.3, 0.4) is 0 Å². The number of para-hydroxylation sites is 2. The minimum atomic E-state index is -1.08. The fourth-order valence-corrected chi connectivity index (χ4v) is 4.56. The van der Waals surface area contributed by atoms with Gasteiger partial charge in [-0.15, -0.1) is 0 Å². The summed E-state index contributed by atoms with van der Waals surface area (Å²) in [5.74, 6) is -1.99. The predicted octanol–water partition coefficient (Wildman–Crippen LogP) is 4.83. The average molecular weight is 436 g/mol.